The summed E-state index contributed by atoms with van der Waals surface area (Å²) in [5, 5.41) is 18.5. The van der Waals surface area contributed by atoms with E-state index >= 15 is 0 Å². The van der Waals surface area contributed by atoms with Gasteiger partial charge >= 0.3 is 11.7 Å². The number of carbonyl (C=O) groups excluding carboxylic acids is 1. The van der Waals surface area contributed by atoms with Crippen molar-refractivity contribution < 1.29 is 24.5 Å². The number of benzene rings is 2. The molecule has 0 aliphatic rings. The van der Waals surface area contributed by atoms with Crippen molar-refractivity contribution in [2.45, 2.75) is 12.1 Å². The minimum Gasteiger partial charge on any atom is -0.481 e. The lowest BCUT2D eigenvalue weighted by Gasteiger charge is -2.07. The highest BCUT2D eigenvalue weighted by atomic mass is 32.2. The number of hydrogen-bond acceptors (Lipinski definition) is 7. The molecule has 0 aliphatic carbocycles. The average Bonchev–Trinajstić information content (AvgIpc) is 3.20. The molecule has 1 amide bonds. The van der Waals surface area contributed by atoms with E-state index in [1.54, 1.807) is 36.4 Å². The topological polar surface area (TPSA) is 137 Å². The molecule has 3 rings (SSSR count). The van der Waals surface area contributed by atoms with Gasteiger partial charge in [0, 0.05) is 30.3 Å². The van der Waals surface area contributed by atoms with E-state index < -0.39 is 5.97 Å². The van der Waals surface area contributed by atoms with E-state index in [4.69, 9.17) is 9.94 Å². The summed E-state index contributed by atoms with van der Waals surface area (Å²) in [5.41, 5.74) is 2.84. The average molecular weight is 428 g/mol. The molecule has 0 saturated heterocycles. The predicted octanol–water partition coefficient (Wildman–Crippen LogP) is 3.25. The summed E-state index contributed by atoms with van der Waals surface area (Å²) in [5.74, 6) is -0.971. The molecule has 0 radical (unpaired) electrons. The van der Waals surface area contributed by atoms with Crippen LogP contribution in [-0.2, 0) is 14.4 Å². The Labute approximate surface area is 175 Å². The van der Waals surface area contributed by atoms with E-state index in [0.717, 1.165) is 17.3 Å². The number of amides is 1. The lowest BCUT2D eigenvalue weighted by molar-refractivity contribution is -0.736. The van der Waals surface area contributed by atoms with Crippen molar-refractivity contribution in [1.82, 2.24) is 15.2 Å². The third-order valence-corrected chi connectivity index (χ3v) is 4.71. The van der Waals surface area contributed by atoms with Crippen molar-refractivity contribution in [1.29, 1.82) is 0 Å². The Hall–Kier alpha value is -3.73. The molecule has 0 bridgehead atoms. The number of nitrogens with zero attached hydrogens (tertiary/aromatic N) is 3. The van der Waals surface area contributed by atoms with E-state index in [2.05, 4.69) is 20.5 Å². The molecule has 11 heteroatoms. The molecule has 0 fully saturated rings. The highest BCUT2D eigenvalue weighted by Crippen LogP contribution is 2.32. The summed E-state index contributed by atoms with van der Waals surface area (Å²) < 4.78 is 0. The van der Waals surface area contributed by atoms with Crippen LogP contribution in [0.5, 0.6) is 0 Å². The first-order valence-corrected chi connectivity index (χ1v) is 9.66. The van der Waals surface area contributed by atoms with Crippen LogP contribution in [0.15, 0.2) is 47.6 Å². The van der Waals surface area contributed by atoms with Crippen LogP contribution in [0.25, 0.3) is 22.5 Å². The second kappa shape index (κ2) is 9.18. The number of carboxylic acids is 1. The number of rotatable bonds is 8. The Bertz CT molecular complexity index is 1110. The second-order valence-electron chi connectivity index (χ2n) is 6.12. The van der Waals surface area contributed by atoms with Crippen LogP contribution >= 0.6 is 11.8 Å². The number of H-pyrrole nitrogens is 1. The summed E-state index contributed by atoms with van der Waals surface area (Å²) in [6.45, 7) is 1.42. The molecule has 10 nitrogen and oxygen atoms in total. The molecule has 154 valence electrons. The van der Waals surface area contributed by atoms with Gasteiger partial charge in [0.25, 0.3) is 4.92 Å². The number of hydrogen-bond donors (Lipinski definition) is 3. The minimum absolute atomic E-state index is 0.170. The summed E-state index contributed by atoms with van der Waals surface area (Å²) in [6, 6.07) is 12.2. The van der Waals surface area contributed by atoms with Crippen molar-refractivity contribution in [2.75, 3.05) is 18.2 Å². The van der Waals surface area contributed by atoms with Crippen molar-refractivity contribution >= 4 is 35.0 Å². The molecule has 1 aromatic heterocycles. The smallest absolute Gasteiger partial charge is 0.318 e. The van der Waals surface area contributed by atoms with Crippen molar-refractivity contribution in [2.24, 2.45) is 0 Å². The number of aromatic nitrogens is 3. The zero-order chi connectivity index (χ0) is 21.7. The molecule has 30 heavy (non-hydrogen) atoms. The molecular weight excluding hydrogens is 410 g/mol. The predicted molar refractivity (Wildman–Crippen MR) is 110 cm³/mol. The van der Waals surface area contributed by atoms with Gasteiger partial charge in [-0.15, -0.1) is 5.10 Å². The molecule has 1 heterocycles. The molecule has 0 spiro atoms. The lowest BCUT2D eigenvalue weighted by atomic mass is 10.0. The number of thioether (sulfide) groups is 1. The molecular formula is C19H18N5O5S+. The fraction of sp³-hybridized carbons (Fsp3) is 0.158. The SMILES string of the molecule is CO[N+](=O)c1cc(-c2cccc(NC(C)=O)c2)cc(-c2nc(SCC(=O)O)n[nH]2)c1. The van der Waals surface area contributed by atoms with Gasteiger partial charge < -0.3 is 10.4 Å². The van der Waals surface area contributed by atoms with Crippen LogP contribution in [0.1, 0.15) is 6.92 Å². The van der Waals surface area contributed by atoms with Crippen LogP contribution in [0, 0.1) is 4.91 Å². The highest BCUT2D eigenvalue weighted by Gasteiger charge is 2.20. The first kappa shape index (κ1) is 21.0. The van der Waals surface area contributed by atoms with Gasteiger partial charge in [-0.25, -0.2) is 9.82 Å². The van der Waals surface area contributed by atoms with E-state index in [0.29, 0.717) is 27.6 Å². The standard InChI is InChI=1S/C19H17N5O5S/c1-11(25)20-15-5-3-4-12(7-15)13-6-14(9-16(8-13)24(28)29-2)18-21-19(23-22-18)30-10-17(26)27/h3-9H,10H2,1-2H3,(H2-,20,21,22,23,25,26,27)/p+1. The quantitative estimate of drug-likeness (QED) is 0.367. The van der Waals surface area contributed by atoms with E-state index in [9.17, 15) is 14.5 Å². The Morgan fingerprint density at radius 1 is 1.20 bits per heavy atom. The Kier molecular flexibility index (Phi) is 6.42. The molecule has 2 aromatic carbocycles. The second-order valence-corrected chi connectivity index (χ2v) is 7.06. The number of aromatic amines is 1. The molecule has 0 atom stereocenters. The first-order valence-electron chi connectivity index (χ1n) is 8.67. The van der Waals surface area contributed by atoms with Gasteiger partial charge in [-0.2, -0.15) is 0 Å². The van der Waals surface area contributed by atoms with Gasteiger partial charge in [0.05, 0.1) is 10.7 Å². The van der Waals surface area contributed by atoms with Crippen LogP contribution in [0.2, 0.25) is 0 Å². The Morgan fingerprint density at radius 2 is 1.97 bits per heavy atom. The normalized spacial score (nSPS) is 10.5. The number of anilines is 1. The third kappa shape index (κ3) is 5.20. The van der Waals surface area contributed by atoms with Gasteiger partial charge in [0.2, 0.25) is 11.1 Å². The van der Waals surface area contributed by atoms with Crippen molar-refractivity contribution in [3.8, 4) is 22.5 Å². The first-order chi connectivity index (χ1) is 14.4. The molecule has 0 aliphatic heterocycles. The zero-order valence-electron chi connectivity index (χ0n) is 16.1. The largest absolute Gasteiger partial charge is 0.481 e. The summed E-state index contributed by atoms with van der Waals surface area (Å²) in [7, 11) is 1.26. The number of carbonyl (C=O) groups is 2. The van der Waals surface area contributed by atoms with Crippen LogP contribution in [0.3, 0.4) is 0 Å². The summed E-state index contributed by atoms with van der Waals surface area (Å²) in [6.07, 6.45) is 0. The molecule has 3 aromatic rings. The molecule has 0 saturated carbocycles. The van der Waals surface area contributed by atoms with Gasteiger partial charge in [-0.3, -0.25) is 14.7 Å². The zero-order valence-corrected chi connectivity index (χ0v) is 16.9. The monoisotopic (exact) mass is 428 g/mol. The fourth-order valence-electron chi connectivity index (χ4n) is 2.67. The lowest BCUT2D eigenvalue weighted by Crippen LogP contribution is -2.05. The van der Waals surface area contributed by atoms with E-state index in [1.165, 1.54) is 14.0 Å². The van der Waals surface area contributed by atoms with Crippen LogP contribution in [0.4, 0.5) is 11.4 Å². The highest BCUT2D eigenvalue weighted by molar-refractivity contribution is 7.99. The Balaban J connectivity index is 2.02. The van der Waals surface area contributed by atoms with Gasteiger partial charge in [0.15, 0.2) is 12.9 Å². The van der Waals surface area contributed by atoms with E-state index in [-0.39, 0.29) is 22.5 Å². The number of aliphatic carboxylic acids is 1. The van der Waals surface area contributed by atoms with Gasteiger partial charge in [0.1, 0.15) is 0 Å². The maximum Gasteiger partial charge on any atom is 0.318 e. The third-order valence-electron chi connectivity index (χ3n) is 3.87. The van der Waals surface area contributed by atoms with Crippen molar-refractivity contribution in [3.05, 3.63) is 47.4 Å². The van der Waals surface area contributed by atoms with E-state index in [1.807, 2.05) is 6.07 Å². The number of carboxylic acid groups (broad SMARTS) is 1. The summed E-state index contributed by atoms with van der Waals surface area (Å²) >= 11 is 0.977. The van der Waals surface area contributed by atoms with Crippen LogP contribution in [-0.4, -0.2) is 50.0 Å². The number of nitrogens with one attached hydrogen (secondary N) is 2. The molecule has 0 unspecified atom stereocenters. The Morgan fingerprint density at radius 3 is 2.67 bits per heavy atom. The van der Waals surface area contributed by atoms with Gasteiger partial charge in [-0.1, -0.05) is 23.9 Å². The fourth-order valence-corrected chi connectivity index (χ4v) is 3.19. The van der Waals surface area contributed by atoms with Crippen molar-refractivity contribution in [3.63, 3.8) is 0 Å². The van der Waals surface area contributed by atoms with Crippen LogP contribution < -0.4 is 5.32 Å². The molecule has 3 N–H and O–H groups in total. The maximum absolute atomic E-state index is 12.1. The van der Waals surface area contributed by atoms with Gasteiger partial charge in [-0.05, 0) is 29.3 Å². The minimum atomic E-state index is -0.975. The maximum atomic E-state index is 12.1. The summed E-state index contributed by atoms with van der Waals surface area (Å²) in [4.78, 5) is 43.6.